The number of rotatable bonds is 4. The van der Waals surface area contributed by atoms with Crippen LogP contribution in [-0.2, 0) is 6.42 Å². The van der Waals surface area contributed by atoms with Gasteiger partial charge in [0.05, 0.1) is 5.52 Å². The van der Waals surface area contributed by atoms with Gasteiger partial charge in [0.2, 0.25) is 0 Å². The molecule has 22 heavy (non-hydrogen) atoms. The summed E-state index contributed by atoms with van der Waals surface area (Å²) in [6.45, 7) is 0.492. The summed E-state index contributed by atoms with van der Waals surface area (Å²) >= 11 is 0. The van der Waals surface area contributed by atoms with Crippen LogP contribution in [0.4, 0.5) is 0 Å². The van der Waals surface area contributed by atoms with Crippen LogP contribution in [0.3, 0.4) is 0 Å². The summed E-state index contributed by atoms with van der Waals surface area (Å²) in [6, 6.07) is 17.0. The second kappa shape index (κ2) is 6.22. The van der Waals surface area contributed by atoms with Crippen LogP contribution in [0.15, 0.2) is 59.4 Å². The zero-order valence-corrected chi connectivity index (χ0v) is 11.9. The average Bonchev–Trinajstić information content (AvgIpc) is 2.55. The minimum absolute atomic E-state index is 0.160. The molecule has 0 saturated carbocycles. The molecular weight excluding hydrogens is 278 g/mol. The molecule has 0 aliphatic rings. The molecule has 3 rings (SSSR count). The molecule has 5 nitrogen and oxygen atoms in total. The van der Waals surface area contributed by atoms with Crippen LogP contribution in [0.5, 0.6) is 0 Å². The Bertz CT molecular complexity index is 856. The van der Waals surface area contributed by atoms with E-state index < -0.39 is 5.69 Å². The molecule has 0 bridgehead atoms. The van der Waals surface area contributed by atoms with Crippen LogP contribution >= 0.6 is 0 Å². The highest BCUT2D eigenvalue weighted by atomic mass is 16.2. The Morgan fingerprint density at radius 3 is 2.59 bits per heavy atom. The fraction of sp³-hybridized carbons (Fsp3) is 0.118. The van der Waals surface area contributed by atoms with Crippen molar-refractivity contribution >= 4 is 16.8 Å². The standard InChI is InChI=1S/C17H15N3O2/c21-16(18-11-10-12-6-2-1-3-7-12)15-13-8-4-5-9-14(13)19-17(22)20-15/h1-9H,10-11H2,(H,18,21)(H,19,20,22). The van der Waals surface area contributed by atoms with Crippen molar-refractivity contribution in [3.8, 4) is 0 Å². The van der Waals surface area contributed by atoms with Crippen molar-refractivity contribution in [3.63, 3.8) is 0 Å². The van der Waals surface area contributed by atoms with Crippen molar-refractivity contribution in [3.05, 3.63) is 76.3 Å². The van der Waals surface area contributed by atoms with Crippen LogP contribution in [0.1, 0.15) is 16.1 Å². The summed E-state index contributed by atoms with van der Waals surface area (Å²) in [5.74, 6) is -0.335. The maximum atomic E-state index is 12.3. The number of aromatic amines is 1. The third kappa shape index (κ3) is 3.03. The number of hydrogen-bond donors (Lipinski definition) is 2. The number of benzene rings is 2. The second-order valence-corrected chi connectivity index (χ2v) is 4.93. The molecule has 5 heteroatoms. The number of carbonyl (C=O) groups excluding carboxylic acids is 1. The summed E-state index contributed by atoms with van der Waals surface area (Å²) in [6.07, 6.45) is 0.730. The first-order valence-corrected chi connectivity index (χ1v) is 7.05. The lowest BCUT2D eigenvalue weighted by atomic mass is 10.1. The number of hydrogen-bond acceptors (Lipinski definition) is 3. The normalized spacial score (nSPS) is 10.5. The molecule has 0 aliphatic carbocycles. The Morgan fingerprint density at radius 2 is 1.77 bits per heavy atom. The van der Waals surface area contributed by atoms with Gasteiger partial charge in [-0.25, -0.2) is 4.79 Å². The smallest absolute Gasteiger partial charge is 0.346 e. The molecule has 0 atom stereocenters. The maximum Gasteiger partial charge on any atom is 0.346 e. The molecule has 110 valence electrons. The van der Waals surface area contributed by atoms with Gasteiger partial charge in [0.25, 0.3) is 5.91 Å². The van der Waals surface area contributed by atoms with Gasteiger partial charge in [-0.2, -0.15) is 4.98 Å². The zero-order valence-electron chi connectivity index (χ0n) is 11.9. The van der Waals surface area contributed by atoms with Crippen LogP contribution < -0.4 is 11.0 Å². The van der Waals surface area contributed by atoms with Crippen molar-refractivity contribution in [1.29, 1.82) is 0 Å². The molecule has 0 aliphatic heterocycles. The SMILES string of the molecule is O=C(NCCc1ccccc1)c1nc(=O)[nH]c2ccccc12. The van der Waals surface area contributed by atoms with Gasteiger partial charge in [-0.15, -0.1) is 0 Å². The maximum absolute atomic E-state index is 12.3. The first-order valence-electron chi connectivity index (χ1n) is 7.05. The summed E-state index contributed by atoms with van der Waals surface area (Å²) in [5, 5.41) is 3.45. The predicted octanol–water partition coefficient (Wildman–Crippen LogP) is 1.90. The Labute approximate surface area is 127 Å². The highest BCUT2D eigenvalue weighted by Crippen LogP contribution is 2.12. The van der Waals surface area contributed by atoms with Crippen molar-refractivity contribution in [2.75, 3.05) is 6.54 Å². The third-order valence-corrected chi connectivity index (χ3v) is 3.39. The predicted molar refractivity (Wildman–Crippen MR) is 84.8 cm³/mol. The van der Waals surface area contributed by atoms with Gasteiger partial charge >= 0.3 is 5.69 Å². The topological polar surface area (TPSA) is 74.8 Å². The van der Waals surface area contributed by atoms with Crippen LogP contribution in [0.2, 0.25) is 0 Å². The average molecular weight is 293 g/mol. The molecule has 0 saturated heterocycles. The number of amides is 1. The number of fused-ring (bicyclic) bond motifs is 1. The summed E-state index contributed by atoms with van der Waals surface area (Å²) in [7, 11) is 0. The minimum Gasteiger partial charge on any atom is -0.350 e. The summed E-state index contributed by atoms with van der Waals surface area (Å²) in [5.41, 5.74) is 1.39. The molecule has 1 amide bonds. The fourth-order valence-electron chi connectivity index (χ4n) is 2.33. The van der Waals surface area contributed by atoms with Crippen LogP contribution in [0, 0.1) is 0 Å². The molecule has 1 heterocycles. The van der Waals surface area contributed by atoms with E-state index in [1.807, 2.05) is 36.4 Å². The zero-order chi connectivity index (χ0) is 15.4. The van der Waals surface area contributed by atoms with Crippen molar-refractivity contribution < 1.29 is 4.79 Å². The van der Waals surface area contributed by atoms with E-state index in [4.69, 9.17) is 0 Å². The molecule has 2 N–H and O–H groups in total. The summed E-state index contributed by atoms with van der Waals surface area (Å²) in [4.78, 5) is 30.3. The molecule has 0 radical (unpaired) electrons. The quantitative estimate of drug-likeness (QED) is 0.771. The lowest BCUT2D eigenvalue weighted by Gasteiger charge is -2.07. The molecule has 0 fully saturated rings. The Morgan fingerprint density at radius 1 is 1.05 bits per heavy atom. The van der Waals surface area contributed by atoms with Gasteiger partial charge in [0, 0.05) is 11.9 Å². The fourth-order valence-corrected chi connectivity index (χ4v) is 2.33. The number of H-pyrrole nitrogens is 1. The minimum atomic E-state index is -0.521. The molecule has 3 aromatic rings. The number of nitrogens with zero attached hydrogens (tertiary/aromatic N) is 1. The van der Waals surface area contributed by atoms with Gasteiger partial charge in [-0.1, -0.05) is 48.5 Å². The molecule has 1 aromatic heterocycles. The van der Waals surface area contributed by atoms with E-state index >= 15 is 0 Å². The Balaban J connectivity index is 1.76. The number of aromatic nitrogens is 2. The Hall–Kier alpha value is -2.95. The molecular formula is C17H15N3O2. The van der Waals surface area contributed by atoms with E-state index in [0.717, 1.165) is 12.0 Å². The van der Waals surface area contributed by atoms with Crippen molar-refractivity contribution in [1.82, 2.24) is 15.3 Å². The van der Waals surface area contributed by atoms with E-state index in [9.17, 15) is 9.59 Å². The second-order valence-electron chi connectivity index (χ2n) is 4.93. The highest BCUT2D eigenvalue weighted by molar-refractivity contribution is 6.04. The number of nitrogens with one attached hydrogen (secondary N) is 2. The van der Waals surface area contributed by atoms with Crippen molar-refractivity contribution in [2.45, 2.75) is 6.42 Å². The van der Waals surface area contributed by atoms with Gasteiger partial charge in [-0.3, -0.25) is 4.79 Å². The Kier molecular flexibility index (Phi) is 3.96. The number of carbonyl (C=O) groups is 1. The van der Waals surface area contributed by atoms with Gasteiger partial charge in [0.1, 0.15) is 5.69 Å². The van der Waals surface area contributed by atoms with Crippen LogP contribution in [-0.4, -0.2) is 22.4 Å². The van der Waals surface area contributed by atoms with E-state index in [-0.39, 0.29) is 11.6 Å². The van der Waals surface area contributed by atoms with E-state index in [2.05, 4.69) is 15.3 Å². The summed E-state index contributed by atoms with van der Waals surface area (Å²) < 4.78 is 0. The lowest BCUT2D eigenvalue weighted by molar-refractivity contribution is 0.0950. The third-order valence-electron chi connectivity index (χ3n) is 3.39. The molecule has 0 unspecified atom stereocenters. The molecule has 0 spiro atoms. The van der Waals surface area contributed by atoms with Gasteiger partial charge in [-0.05, 0) is 18.1 Å². The lowest BCUT2D eigenvalue weighted by Crippen LogP contribution is -2.29. The largest absolute Gasteiger partial charge is 0.350 e. The van der Waals surface area contributed by atoms with Crippen molar-refractivity contribution in [2.24, 2.45) is 0 Å². The molecule has 2 aromatic carbocycles. The highest BCUT2D eigenvalue weighted by Gasteiger charge is 2.12. The van der Waals surface area contributed by atoms with E-state index in [1.165, 1.54) is 0 Å². The number of para-hydroxylation sites is 1. The van der Waals surface area contributed by atoms with Gasteiger partial charge in [0.15, 0.2) is 0 Å². The van der Waals surface area contributed by atoms with E-state index in [1.54, 1.807) is 18.2 Å². The first kappa shape index (κ1) is 14.0. The van der Waals surface area contributed by atoms with E-state index in [0.29, 0.717) is 17.4 Å². The van der Waals surface area contributed by atoms with Gasteiger partial charge < -0.3 is 10.3 Å². The first-order chi connectivity index (χ1) is 10.7. The monoisotopic (exact) mass is 293 g/mol. The van der Waals surface area contributed by atoms with Crippen LogP contribution in [0.25, 0.3) is 10.9 Å².